The lowest BCUT2D eigenvalue weighted by Gasteiger charge is -2.22. The molecule has 0 atom stereocenters. The lowest BCUT2D eigenvalue weighted by atomic mass is 10.1. The first-order chi connectivity index (χ1) is 16.1. The maximum atomic E-state index is 13.0. The number of aliphatic carboxylic acids is 1. The van der Waals surface area contributed by atoms with E-state index in [2.05, 4.69) is 19.1 Å². The van der Waals surface area contributed by atoms with Crippen LogP contribution in [0.4, 0.5) is 0 Å². The van der Waals surface area contributed by atoms with Crippen molar-refractivity contribution in [2.45, 2.75) is 71.3 Å². The predicted octanol–water partition coefficient (Wildman–Crippen LogP) is 6.89. The molecule has 0 aromatic heterocycles. The Morgan fingerprint density at radius 3 is 2.30 bits per heavy atom. The van der Waals surface area contributed by atoms with Gasteiger partial charge in [-0.25, -0.2) is 5.06 Å². The van der Waals surface area contributed by atoms with Crippen LogP contribution in [0.15, 0.2) is 60.7 Å². The Morgan fingerprint density at radius 1 is 0.909 bits per heavy atom. The fraction of sp³-hybridized carbons (Fsp3) is 0.429. The fourth-order valence-electron chi connectivity index (χ4n) is 3.47. The largest absolute Gasteiger partial charge is 0.481 e. The van der Waals surface area contributed by atoms with Crippen LogP contribution < -0.4 is 0 Å². The van der Waals surface area contributed by atoms with Gasteiger partial charge in [0.15, 0.2) is 0 Å². The summed E-state index contributed by atoms with van der Waals surface area (Å²) in [6, 6.07) is 17.0. The maximum absolute atomic E-state index is 13.0. The Bertz CT molecular complexity index is 846. The summed E-state index contributed by atoms with van der Waals surface area (Å²) in [7, 11) is 0. The zero-order valence-electron chi connectivity index (χ0n) is 19.7. The molecule has 5 nitrogen and oxygen atoms in total. The molecule has 0 unspecified atom stereocenters. The third-order valence-electron chi connectivity index (χ3n) is 5.40. The van der Waals surface area contributed by atoms with E-state index in [-0.39, 0.29) is 25.5 Å². The van der Waals surface area contributed by atoms with Gasteiger partial charge in [0.1, 0.15) is 6.61 Å². The zero-order chi connectivity index (χ0) is 23.7. The van der Waals surface area contributed by atoms with Gasteiger partial charge in [-0.05, 0) is 42.5 Å². The second-order valence-electron chi connectivity index (χ2n) is 8.24. The SMILES string of the molecule is CCCCCCCCC=Cc1ccc(C(=O)N(CCCC(=O)O)OCc2ccccc2)cc1. The van der Waals surface area contributed by atoms with E-state index < -0.39 is 5.97 Å². The number of hydroxylamine groups is 2. The Hall–Kier alpha value is -2.92. The maximum Gasteiger partial charge on any atom is 0.303 e. The van der Waals surface area contributed by atoms with Crippen LogP contribution in [0.25, 0.3) is 6.08 Å². The van der Waals surface area contributed by atoms with Gasteiger partial charge >= 0.3 is 5.97 Å². The summed E-state index contributed by atoms with van der Waals surface area (Å²) in [5.74, 6) is -1.15. The van der Waals surface area contributed by atoms with Crippen LogP contribution in [0.3, 0.4) is 0 Å². The number of allylic oxidation sites excluding steroid dienone is 1. The van der Waals surface area contributed by atoms with Gasteiger partial charge in [-0.15, -0.1) is 0 Å². The number of benzene rings is 2. The van der Waals surface area contributed by atoms with Crippen molar-refractivity contribution < 1.29 is 19.5 Å². The lowest BCUT2D eigenvalue weighted by molar-refractivity contribution is -0.142. The first-order valence-electron chi connectivity index (χ1n) is 12.1. The number of carboxylic acid groups (broad SMARTS) is 1. The topological polar surface area (TPSA) is 66.8 Å². The van der Waals surface area contributed by atoms with Crippen molar-refractivity contribution in [3.05, 3.63) is 77.4 Å². The molecule has 0 bridgehead atoms. The summed E-state index contributed by atoms with van der Waals surface area (Å²) in [6.45, 7) is 2.70. The molecule has 1 amide bonds. The number of hydrogen-bond donors (Lipinski definition) is 1. The Labute approximate surface area is 198 Å². The number of nitrogens with zero attached hydrogens (tertiary/aromatic N) is 1. The lowest BCUT2D eigenvalue weighted by Crippen LogP contribution is -2.32. The molecule has 0 radical (unpaired) electrons. The van der Waals surface area contributed by atoms with Crippen molar-refractivity contribution in [1.82, 2.24) is 5.06 Å². The molecule has 0 aliphatic heterocycles. The number of amides is 1. The molecular formula is C28H37NO4. The number of hydrogen-bond acceptors (Lipinski definition) is 3. The molecule has 2 aromatic rings. The Kier molecular flexibility index (Phi) is 12.6. The third-order valence-corrected chi connectivity index (χ3v) is 5.40. The Balaban J connectivity index is 1.88. The van der Waals surface area contributed by atoms with E-state index in [0.29, 0.717) is 12.0 Å². The van der Waals surface area contributed by atoms with Crippen molar-refractivity contribution in [3.8, 4) is 0 Å². The summed E-state index contributed by atoms with van der Waals surface area (Å²) in [5, 5.41) is 10.2. The van der Waals surface area contributed by atoms with E-state index in [1.165, 1.54) is 43.6 Å². The minimum absolute atomic E-state index is 0.0131. The summed E-state index contributed by atoms with van der Waals surface area (Å²) in [6.07, 6.45) is 13.4. The number of rotatable bonds is 16. The molecular weight excluding hydrogens is 414 g/mol. The van der Waals surface area contributed by atoms with Gasteiger partial charge in [0.25, 0.3) is 5.91 Å². The molecule has 1 N–H and O–H groups in total. The van der Waals surface area contributed by atoms with E-state index >= 15 is 0 Å². The van der Waals surface area contributed by atoms with Crippen molar-refractivity contribution in [3.63, 3.8) is 0 Å². The summed E-state index contributed by atoms with van der Waals surface area (Å²) in [5.41, 5.74) is 2.52. The number of carbonyl (C=O) groups is 2. The van der Waals surface area contributed by atoms with Gasteiger partial charge in [-0.3, -0.25) is 14.4 Å². The molecule has 178 valence electrons. The van der Waals surface area contributed by atoms with E-state index in [1.807, 2.05) is 42.5 Å². The van der Waals surface area contributed by atoms with Gasteiger partial charge in [0.05, 0.1) is 0 Å². The molecule has 0 fully saturated rings. The predicted molar refractivity (Wildman–Crippen MR) is 133 cm³/mol. The molecule has 0 spiro atoms. The molecule has 0 aliphatic carbocycles. The van der Waals surface area contributed by atoms with Crippen LogP contribution in [0.2, 0.25) is 0 Å². The highest BCUT2D eigenvalue weighted by molar-refractivity contribution is 5.93. The highest BCUT2D eigenvalue weighted by Crippen LogP contribution is 2.14. The fourth-order valence-corrected chi connectivity index (χ4v) is 3.47. The van der Waals surface area contributed by atoms with Crippen molar-refractivity contribution in [2.24, 2.45) is 0 Å². The highest BCUT2D eigenvalue weighted by atomic mass is 16.7. The third kappa shape index (κ3) is 11.0. The summed E-state index contributed by atoms with van der Waals surface area (Å²) >= 11 is 0. The van der Waals surface area contributed by atoms with E-state index in [4.69, 9.17) is 9.94 Å². The van der Waals surface area contributed by atoms with Crippen LogP contribution in [-0.2, 0) is 16.2 Å². The van der Waals surface area contributed by atoms with Crippen LogP contribution >= 0.6 is 0 Å². The average molecular weight is 452 g/mol. The number of unbranched alkanes of at least 4 members (excludes halogenated alkanes) is 6. The monoisotopic (exact) mass is 451 g/mol. The standard InChI is InChI=1S/C28H37NO4/c1-2-3-4-5-6-7-8-10-14-24-18-20-26(21-19-24)28(32)29(22-13-17-27(30)31)33-23-25-15-11-9-12-16-25/h9-12,14-16,18-21H,2-8,13,17,22-23H2,1H3,(H,30,31). The van der Waals surface area contributed by atoms with Gasteiger partial charge in [0.2, 0.25) is 0 Å². The van der Waals surface area contributed by atoms with E-state index in [1.54, 1.807) is 12.1 Å². The van der Waals surface area contributed by atoms with Gasteiger partial charge < -0.3 is 5.11 Å². The molecule has 0 aliphatic rings. The molecule has 5 heteroatoms. The second-order valence-corrected chi connectivity index (χ2v) is 8.24. The van der Waals surface area contributed by atoms with Crippen molar-refractivity contribution in [1.29, 1.82) is 0 Å². The minimum atomic E-state index is -0.887. The van der Waals surface area contributed by atoms with Crippen LogP contribution in [0, 0.1) is 0 Å². The van der Waals surface area contributed by atoms with E-state index in [9.17, 15) is 9.59 Å². The molecule has 33 heavy (non-hydrogen) atoms. The molecule has 2 aromatic carbocycles. The normalized spacial score (nSPS) is 11.1. The highest BCUT2D eigenvalue weighted by Gasteiger charge is 2.17. The van der Waals surface area contributed by atoms with Crippen LogP contribution in [-0.4, -0.2) is 28.6 Å². The van der Waals surface area contributed by atoms with Gasteiger partial charge in [-0.1, -0.05) is 93.6 Å². The number of carboxylic acids is 1. The molecule has 0 saturated carbocycles. The zero-order valence-corrected chi connectivity index (χ0v) is 19.7. The summed E-state index contributed by atoms with van der Waals surface area (Å²) < 4.78 is 0. The van der Waals surface area contributed by atoms with Crippen LogP contribution in [0.5, 0.6) is 0 Å². The molecule has 2 rings (SSSR count). The Morgan fingerprint density at radius 2 is 1.61 bits per heavy atom. The average Bonchev–Trinajstić information content (AvgIpc) is 2.83. The quantitative estimate of drug-likeness (QED) is 0.223. The summed E-state index contributed by atoms with van der Waals surface area (Å²) in [4.78, 5) is 29.6. The van der Waals surface area contributed by atoms with Crippen molar-refractivity contribution >= 4 is 18.0 Å². The molecule has 0 heterocycles. The minimum Gasteiger partial charge on any atom is -0.481 e. The number of carbonyl (C=O) groups excluding carboxylic acids is 1. The smallest absolute Gasteiger partial charge is 0.303 e. The van der Waals surface area contributed by atoms with E-state index in [0.717, 1.165) is 17.5 Å². The first-order valence-corrected chi connectivity index (χ1v) is 12.1. The van der Waals surface area contributed by atoms with Crippen LogP contribution in [0.1, 0.15) is 86.2 Å². The van der Waals surface area contributed by atoms with Crippen molar-refractivity contribution in [2.75, 3.05) is 6.54 Å². The molecule has 0 saturated heterocycles. The second kappa shape index (κ2) is 15.8. The first kappa shape index (κ1) is 26.3. The van der Waals surface area contributed by atoms with Gasteiger partial charge in [0, 0.05) is 18.5 Å². The van der Waals surface area contributed by atoms with Gasteiger partial charge in [-0.2, -0.15) is 0 Å².